The van der Waals surface area contributed by atoms with Crippen LogP contribution in [-0.2, 0) is 4.74 Å². The average Bonchev–Trinajstić information content (AvgIpc) is 2.63. The van der Waals surface area contributed by atoms with Gasteiger partial charge in [-0.05, 0) is 45.1 Å². The van der Waals surface area contributed by atoms with E-state index in [2.05, 4.69) is 46.2 Å². The van der Waals surface area contributed by atoms with Crippen LogP contribution in [0.3, 0.4) is 0 Å². The molecule has 0 aromatic carbocycles. The van der Waals surface area contributed by atoms with Crippen LogP contribution in [0.2, 0.25) is 0 Å². The third-order valence-corrected chi connectivity index (χ3v) is 5.48. The zero-order valence-corrected chi connectivity index (χ0v) is 21.3. The third-order valence-electron chi connectivity index (χ3n) is 5.48. The highest BCUT2D eigenvalue weighted by Gasteiger charge is 2.25. The van der Waals surface area contributed by atoms with Crippen LogP contribution in [0, 0.1) is 11.8 Å². The molecule has 29 heavy (non-hydrogen) atoms. The van der Waals surface area contributed by atoms with Crippen molar-refractivity contribution in [2.24, 2.45) is 16.8 Å². The van der Waals surface area contributed by atoms with Crippen LogP contribution in [0.25, 0.3) is 0 Å². The van der Waals surface area contributed by atoms with Gasteiger partial charge in [-0.25, -0.2) is 0 Å². The second kappa shape index (κ2) is 14.0. The highest BCUT2D eigenvalue weighted by Crippen LogP contribution is 2.20. The fraction of sp³-hybridized carbons (Fsp3) is 0.952. The van der Waals surface area contributed by atoms with Crippen molar-refractivity contribution < 1.29 is 9.84 Å². The molecule has 3 N–H and O–H groups in total. The molecular formula is C21H44IN5O2. The van der Waals surface area contributed by atoms with Crippen molar-refractivity contribution in [2.45, 2.75) is 46.1 Å². The molecule has 0 aliphatic carbocycles. The van der Waals surface area contributed by atoms with E-state index in [-0.39, 0.29) is 24.0 Å². The molecule has 2 saturated heterocycles. The Morgan fingerprint density at radius 3 is 2.41 bits per heavy atom. The normalized spacial score (nSPS) is 26.4. The predicted octanol–water partition coefficient (Wildman–Crippen LogP) is 1.61. The van der Waals surface area contributed by atoms with Gasteiger partial charge < -0.3 is 25.4 Å². The molecule has 2 aliphatic heterocycles. The van der Waals surface area contributed by atoms with Gasteiger partial charge in [-0.15, -0.1) is 24.0 Å². The second-order valence-corrected chi connectivity index (χ2v) is 9.07. The fourth-order valence-electron chi connectivity index (χ4n) is 4.37. The quantitative estimate of drug-likeness (QED) is 0.184. The molecule has 172 valence electrons. The number of rotatable bonds is 9. The minimum atomic E-state index is -0.834. The van der Waals surface area contributed by atoms with E-state index in [1.807, 2.05) is 6.92 Å². The summed E-state index contributed by atoms with van der Waals surface area (Å²) in [7, 11) is 0. The maximum atomic E-state index is 10.7. The van der Waals surface area contributed by atoms with Crippen molar-refractivity contribution in [1.82, 2.24) is 20.4 Å². The first-order valence-corrected chi connectivity index (χ1v) is 11.1. The predicted molar refractivity (Wildman–Crippen MR) is 131 cm³/mol. The number of aliphatic hydroxyl groups is 1. The number of likely N-dealkylation sites (tertiary alicyclic amines) is 1. The molecular weight excluding hydrogens is 481 g/mol. The van der Waals surface area contributed by atoms with Crippen LogP contribution >= 0.6 is 24.0 Å². The maximum Gasteiger partial charge on any atom is 0.191 e. The lowest BCUT2D eigenvalue weighted by molar-refractivity contribution is -0.0179. The number of halogens is 1. The van der Waals surface area contributed by atoms with Crippen molar-refractivity contribution in [3.63, 3.8) is 0 Å². The number of hydrogen-bond donors (Lipinski definition) is 3. The van der Waals surface area contributed by atoms with Gasteiger partial charge >= 0.3 is 0 Å². The van der Waals surface area contributed by atoms with Crippen molar-refractivity contribution in [2.75, 3.05) is 72.1 Å². The molecule has 2 heterocycles. The van der Waals surface area contributed by atoms with Gasteiger partial charge in [0.1, 0.15) is 0 Å². The summed E-state index contributed by atoms with van der Waals surface area (Å²) < 4.78 is 5.38. The summed E-state index contributed by atoms with van der Waals surface area (Å²) in [6.07, 6.45) is 2.46. The molecule has 3 unspecified atom stereocenters. The zero-order chi connectivity index (χ0) is 20.4. The first-order chi connectivity index (χ1) is 13.4. The molecule has 2 aliphatic rings. The smallest absolute Gasteiger partial charge is 0.191 e. The van der Waals surface area contributed by atoms with Gasteiger partial charge in [0.2, 0.25) is 0 Å². The SMILES string of the molecule is CCNC(=NCC(C)(O)CN1CCOCC1)NCCCN1CC(C)CC(C)C1.I. The molecule has 2 rings (SSSR count). The topological polar surface area (TPSA) is 72.4 Å². The number of hydrogen-bond acceptors (Lipinski definition) is 5. The summed E-state index contributed by atoms with van der Waals surface area (Å²) in [5.74, 6) is 2.42. The number of guanidine groups is 1. The highest BCUT2D eigenvalue weighted by molar-refractivity contribution is 14.0. The summed E-state index contributed by atoms with van der Waals surface area (Å²) in [4.78, 5) is 9.48. The number of nitrogens with one attached hydrogen (secondary N) is 2. The molecule has 0 spiro atoms. The zero-order valence-electron chi connectivity index (χ0n) is 19.0. The Morgan fingerprint density at radius 2 is 1.79 bits per heavy atom. The second-order valence-electron chi connectivity index (χ2n) is 9.07. The van der Waals surface area contributed by atoms with E-state index in [4.69, 9.17) is 4.74 Å². The van der Waals surface area contributed by atoms with Crippen LogP contribution < -0.4 is 10.6 Å². The average molecular weight is 526 g/mol. The summed E-state index contributed by atoms with van der Waals surface area (Å²) in [6, 6.07) is 0. The van der Waals surface area contributed by atoms with Gasteiger partial charge in [0.05, 0.1) is 25.4 Å². The fourth-order valence-corrected chi connectivity index (χ4v) is 4.37. The van der Waals surface area contributed by atoms with Gasteiger partial charge in [0, 0.05) is 45.8 Å². The van der Waals surface area contributed by atoms with Crippen LogP contribution in [0.1, 0.15) is 40.5 Å². The Hall–Kier alpha value is -0.160. The maximum absolute atomic E-state index is 10.7. The van der Waals surface area contributed by atoms with Crippen molar-refractivity contribution >= 4 is 29.9 Å². The van der Waals surface area contributed by atoms with Crippen LogP contribution in [0.5, 0.6) is 0 Å². The Kier molecular flexibility index (Phi) is 13.0. The van der Waals surface area contributed by atoms with E-state index in [0.29, 0.717) is 13.1 Å². The Balaban J connectivity index is 0.00000420. The van der Waals surface area contributed by atoms with Gasteiger partial charge in [-0.1, -0.05) is 13.8 Å². The molecule has 0 aromatic heterocycles. The van der Waals surface area contributed by atoms with Gasteiger partial charge in [0.25, 0.3) is 0 Å². The molecule has 2 fully saturated rings. The van der Waals surface area contributed by atoms with Crippen molar-refractivity contribution in [3.05, 3.63) is 0 Å². The highest BCUT2D eigenvalue weighted by atomic mass is 127. The van der Waals surface area contributed by atoms with E-state index in [1.54, 1.807) is 0 Å². The molecule has 7 nitrogen and oxygen atoms in total. The summed E-state index contributed by atoms with van der Waals surface area (Å²) in [6.45, 7) is 18.2. The van der Waals surface area contributed by atoms with Gasteiger partial charge in [0.15, 0.2) is 5.96 Å². The monoisotopic (exact) mass is 525 g/mol. The van der Waals surface area contributed by atoms with Crippen LogP contribution in [-0.4, -0.2) is 98.6 Å². The third kappa shape index (κ3) is 11.1. The Bertz CT molecular complexity index is 462. The largest absolute Gasteiger partial charge is 0.387 e. The van der Waals surface area contributed by atoms with E-state index in [0.717, 1.165) is 70.2 Å². The first-order valence-electron chi connectivity index (χ1n) is 11.1. The van der Waals surface area contributed by atoms with E-state index in [9.17, 15) is 5.11 Å². The lowest BCUT2D eigenvalue weighted by atomic mass is 9.92. The molecule has 0 amide bonds. The van der Waals surface area contributed by atoms with E-state index < -0.39 is 5.60 Å². The lowest BCUT2D eigenvalue weighted by Crippen LogP contribution is -2.48. The number of aliphatic imine (C=N–C) groups is 1. The standard InChI is InChI=1S/C21H43N5O2.HI/c1-5-22-20(23-7-6-8-26-14-18(2)13-19(3)15-26)24-16-21(4,27)17-25-9-11-28-12-10-25;/h18-19,27H,5-17H2,1-4H3,(H2,22,23,24);1H. The van der Waals surface area contributed by atoms with Gasteiger partial charge in [-0.2, -0.15) is 0 Å². The molecule has 0 saturated carbocycles. The first kappa shape index (κ1) is 26.9. The molecule has 8 heteroatoms. The van der Waals surface area contributed by atoms with Crippen LogP contribution in [0.15, 0.2) is 4.99 Å². The lowest BCUT2D eigenvalue weighted by Gasteiger charge is -2.35. The number of β-amino-alcohol motifs (C(OH)–C–C–N with tert-alkyl or cyclic N) is 1. The number of nitrogens with zero attached hydrogens (tertiary/aromatic N) is 3. The molecule has 3 atom stereocenters. The number of morpholine rings is 1. The summed E-state index contributed by atoms with van der Waals surface area (Å²) >= 11 is 0. The Labute approximate surface area is 195 Å². The van der Waals surface area contributed by atoms with Crippen LogP contribution in [0.4, 0.5) is 0 Å². The molecule has 0 bridgehead atoms. The minimum Gasteiger partial charge on any atom is -0.387 e. The van der Waals surface area contributed by atoms with Crippen molar-refractivity contribution in [3.8, 4) is 0 Å². The van der Waals surface area contributed by atoms with E-state index >= 15 is 0 Å². The molecule has 0 aromatic rings. The molecule has 0 radical (unpaired) electrons. The summed E-state index contributed by atoms with van der Waals surface area (Å²) in [5, 5.41) is 17.4. The number of piperidine rings is 1. The Morgan fingerprint density at radius 1 is 1.14 bits per heavy atom. The van der Waals surface area contributed by atoms with Crippen molar-refractivity contribution in [1.29, 1.82) is 0 Å². The van der Waals surface area contributed by atoms with E-state index in [1.165, 1.54) is 19.5 Å². The summed E-state index contributed by atoms with van der Waals surface area (Å²) in [5.41, 5.74) is -0.834. The van der Waals surface area contributed by atoms with Gasteiger partial charge in [-0.3, -0.25) is 9.89 Å². The minimum absolute atomic E-state index is 0. The number of ether oxygens (including phenoxy) is 1.